The summed E-state index contributed by atoms with van der Waals surface area (Å²) < 4.78 is 27.4. The van der Waals surface area contributed by atoms with Crippen LogP contribution in [0.1, 0.15) is 18.9 Å². The van der Waals surface area contributed by atoms with Crippen LogP contribution in [-0.2, 0) is 16.0 Å². The maximum absolute atomic E-state index is 14.0. The summed E-state index contributed by atoms with van der Waals surface area (Å²) in [7, 11) is 0. The van der Waals surface area contributed by atoms with Gasteiger partial charge < -0.3 is 10.2 Å². The Labute approximate surface area is 121 Å². The number of piperidine rings is 1. The Morgan fingerprint density at radius 1 is 1.38 bits per heavy atom. The van der Waals surface area contributed by atoms with Gasteiger partial charge in [-0.25, -0.2) is 8.78 Å². The van der Waals surface area contributed by atoms with Crippen LogP contribution in [0, 0.1) is 23.5 Å². The fraction of sp³-hybridized carbons (Fsp3) is 0.467. The number of nitrogens with zero attached hydrogens (tertiary/aromatic N) is 1. The first-order valence-corrected chi connectivity index (χ1v) is 7.04. The molecule has 1 aromatic rings. The van der Waals surface area contributed by atoms with E-state index in [0.29, 0.717) is 18.5 Å². The number of anilines is 1. The molecule has 6 heteroatoms. The van der Waals surface area contributed by atoms with Gasteiger partial charge in [-0.05, 0) is 24.0 Å². The van der Waals surface area contributed by atoms with Crippen molar-refractivity contribution in [3.63, 3.8) is 0 Å². The quantitative estimate of drug-likeness (QED) is 0.856. The van der Waals surface area contributed by atoms with Crippen LogP contribution in [0.5, 0.6) is 0 Å². The number of halogens is 2. The summed E-state index contributed by atoms with van der Waals surface area (Å²) in [6.07, 6.45) is 0.800. The van der Waals surface area contributed by atoms with Crippen LogP contribution >= 0.6 is 0 Å². The topological polar surface area (TPSA) is 49.4 Å². The van der Waals surface area contributed by atoms with Crippen molar-refractivity contribution >= 4 is 17.5 Å². The highest BCUT2D eigenvalue weighted by Gasteiger charge is 2.38. The monoisotopic (exact) mass is 294 g/mol. The Kier molecular flexibility index (Phi) is 3.39. The van der Waals surface area contributed by atoms with E-state index in [0.717, 1.165) is 6.07 Å². The summed E-state index contributed by atoms with van der Waals surface area (Å²) in [6, 6.07) is 2.61. The third kappa shape index (κ3) is 2.28. The summed E-state index contributed by atoms with van der Waals surface area (Å²) >= 11 is 0. The lowest BCUT2D eigenvalue weighted by molar-refractivity contribution is -0.129. The molecule has 0 saturated carbocycles. The number of nitrogens with one attached hydrogen (secondary N) is 1. The summed E-state index contributed by atoms with van der Waals surface area (Å²) in [5.41, 5.74) is 0.707. The molecule has 1 aromatic carbocycles. The molecule has 4 nitrogen and oxygen atoms in total. The molecular weight excluding hydrogens is 278 g/mol. The number of carbonyl (C=O) groups is 2. The first kappa shape index (κ1) is 14.0. The number of rotatable bonds is 1. The number of benzene rings is 1. The van der Waals surface area contributed by atoms with Crippen molar-refractivity contribution in [3.8, 4) is 0 Å². The normalized spacial score (nSPS) is 24.7. The van der Waals surface area contributed by atoms with E-state index >= 15 is 0 Å². The molecule has 112 valence electrons. The largest absolute Gasteiger partial charge is 0.355 e. The van der Waals surface area contributed by atoms with Crippen LogP contribution in [0.3, 0.4) is 0 Å². The van der Waals surface area contributed by atoms with Gasteiger partial charge in [0.15, 0.2) is 11.6 Å². The van der Waals surface area contributed by atoms with Gasteiger partial charge in [-0.2, -0.15) is 0 Å². The summed E-state index contributed by atoms with van der Waals surface area (Å²) in [5, 5.41) is 2.66. The Morgan fingerprint density at radius 3 is 2.86 bits per heavy atom. The van der Waals surface area contributed by atoms with Gasteiger partial charge in [0.1, 0.15) is 0 Å². The molecule has 0 spiro atoms. The van der Waals surface area contributed by atoms with Crippen molar-refractivity contribution in [2.75, 3.05) is 18.0 Å². The van der Waals surface area contributed by atoms with Crippen molar-refractivity contribution in [1.29, 1.82) is 0 Å². The maximum atomic E-state index is 14.0. The van der Waals surface area contributed by atoms with E-state index in [2.05, 4.69) is 5.32 Å². The molecule has 1 saturated heterocycles. The van der Waals surface area contributed by atoms with Gasteiger partial charge in [0.25, 0.3) is 0 Å². The number of hydrogen-bond acceptors (Lipinski definition) is 2. The van der Waals surface area contributed by atoms with E-state index in [1.54, 1.807) is 0 Å². The van der Waals surface area contributed by atoms with E-state index in [1.807, 2.05) is 6.92 Å². The first-order valence-electron chi connectivity index (χ1n) is 7.04. The minimum absolute atomic E-state index is 0.0594. The zero-order valence-corrected chi connectivity index (χ0v) is 11.7. The van der Waals surface area contributed by atoms with Gasteiger partial charge in [0, 0.05) is 19.5 Å². The molecule has 1 N–H and O–H groups in total. The van der Waals surface area contributed by atoms with Gasteiger partial charge >= 0.3 is 0 Å². The SMILES string of the molecule is CC1CC(=O)NCC1C(=O)N1CCc2ccc(F)c(F)c21. The lowest BCUT2D eigenvalue weighted by Crippen LogP contribution is -2.48. The summed E-state index contributed by atoms with van der Waals surface area (Å²) in [5.74, 6) is -2.73. The molecule has 2 aliphatic rings. The molecule has 3 rings (SSSR count). The van der Waals surface area contributed by atoms with E-state index in [4.69, 9.17) is 0 Å². The standard InChI is InChI=1S/C15H16F2N2O2/c1-8-6-12(20)18-7-10(8)15(21)19-5-4-9-2-3-11(16)13(17)14(9)19/h2-3,8,10H,4-7H2,1H3,(H,18,20). The molecule has 2 amide bonds. The van der Waals surface area contributed by atoms with E-state index < -0.39 is 17.6 Å². The molecular formula is C15H16F2N2O2. The fourth-order valence-electron chi connectivity index (χ4n) is 3.10. The minimum atomic E-state index is -0.967. The average Bonchev–Trinajstić information content (AvgIpc) is 2.87. The molecule has 0 radical (unpaired) electrons. The Balaban J connectivity index is 1.89. The number of fused-ring (bicyclic) bond motifs is 1. The molecule has 2 unspecified atom stereocenters. The fourth-order valence-corrected chi connectivity index (χ4v) is 3.10. The lowest BCUT2D eigenvalue weighted by Gasteiger charge is -2.31. The molecule has 0 aromatic heterocycles. The molecule has 0 bridgehead atoms. The smallest absolute Gasteiger partial charge is 0.232 e. The highest BCUT2D eigenvalue weighted by molar-refractivity contribution is 5.98. The maximum Gasteiger partial charge on any atom is 0.232 e. The van der Waals surface area contributed by atoms with Crippen LogP contribution in [0.4, 0.5) is 14.5 Å². The highest BCUT2D eigenvalue weighted by Crippen LogP contribution is 2.34. The molecule has 21 heavy (non-hydrogen) atoms. The second-order valence-corrected chi connectivity index (χ2v) is 5.70. The zero-order chi connectivity index (χ0) is 15.1. The average molecular weight is 294 g/mol. The number of hydrogen-bond donors (Lipinski definition) is 1. The number of amides is 2. The molecule has 2 heterocycles. The lowest BCUT2D eigenvalue weighted by atomic mass is 9.86. The van der Waals surface area contributed by atoms with E-state index in [9.17, 15) is 18.4 Å². The van der Waals surface area contributed by atoms with Crippen LogP contribution in [0.25, 0.3) is 0 Å². The van der Waals surface area contributed by atoms with E-state index in [1.165, 1.54) is 11.0 Å². The Morgan fingerprint density at radius 2 is 2.14 bits per heavy atom. The minimum Gasteiger partial charge on any atom is -0.355 e. The summed E-state index contributed by atoms with van der Waals surface area (Å²) in [6.45, 7) is 2.44. The Hall–Kier alpha value is -1.98. The van der Waals surface area contributed by atoms with Gasteiger partial charge in [-0.15, -0.1) is 0 Å². The van der Waals surface area contributed by atoms with Crippen LogP contribution in [0.2, 0.25) is 0 Å². The molecule has 0 aliphatic carbocycles. The summed E-state index contributed by atoms with van der Waals surface area (Å²) in [4.78, 5) is 25.3. The molecule has 2 atom stereocenters. The number of carbonyl (C=O) groups excluding carboxylic acids is 2. The predicted octanol–water partition coefficient (Wildman–Crippen LogP) is 1.63. The van der Waals surface area contributed by atoms with Crippen LogP contribution < -0.4 is 10.2 Å². The van der Waals surface area contributed by atoms with Crippen molar-refractivity contribution in [2.24, 2.45) is 11.8 Å². The van der Waals surface area contributed by atoms with Gasteiger partial charge in [-0.3, -0.25) is 9.59 Å². The third-order valence-electron chi connectivity index (χ3n) is 4.32. The van der Waals surface area contributed by atoms with Crippen LogP contribution in [-0.4, -0.2) is 24.9 Å². The van der Waals surface area contributed by atoms with E-state index in [-0.39, 0.29) is 36.4 Å². The van der Waals surface area contributed by atoms with Crippen molar-refractivity contribution < 1.29 is 18.4 Å². The Bertz CT molecular complexity index is 618. The zero-order valence-electron chi connectivity index (χ0n) is 11.7. The van der Waals surface area contributed by atoms with Gasteiger partial charge in [0.05, 0.1) is 11.6 Å². The van der Waals surface area contributed by atoms with Crippen molar-refractivity contribution in [2.45, 2.75) is 19.8 Å². The first-order chi connectivity index (χ1) is 9.99. The second kappa shape index (κ2) is 5.09. The second-order valence-electron chi connectivity index (χ2n) is 5.70. The predicted molar refractivity (Wildman–Crippen MR) is 72.7 cm³/mol. The van der Waals surface area contributed by atoms with Gasteiger partial charge in [0.2, 0.25) is 11.8 Å². The van der Waals surface area contributed by atoms with Crippen LogP contribution in [0.15, 0.2) is 12.1 Å². The van der Waals surface area contributed by atoms with Crippen molar-refractivity contribution in [1.82, 2.24) is 5.32 Å². The van der Waals surface area contributed by atoms with Crippen molar-refractivity contribution in [3.05, 3.63) is 29.3 Å². The van der Waals surface area contributed by atoms with Gasteiger partial charge in [-0.1, -0.05) is 13.0 Å². The highest BCUT2D eigenvalue weighted by atomic mass is 19.2. The molecule has 1 fully saturated rings. The molecule has 2 aliphatic heterocycles. The third-order valence-corrected chi connectivity index (χ3v) is 4.32.